The molecule has 2 aliphatic rings. The predicted octanol–water partition coefficient (Wildman–Crippen LogP) is 4.79. The van der Waals surface area contributed by atoms with Crippen LogP contribution in [0.4, 0.5) is 8.78 Å². The molecule has 0 unspecified atom stereocenters. The number of carbonyl (C=O) groups is 2. The lowest BCUT2D eigenvalue weighted by molar-refractivity contribution is -0.148. The summed E-state index contributed by atoms with van der Waals surface area (Å²) in [4.78, 5) is 23.8. The first-order valence-corrected chi connectivity index (χ1v) is 11.3. The number of carboxylic acid groups (broad SMARTS) is 1. The lowest BCUT2D eigenvalue weighted by Gasteiger charge is -2.22. The van der Waals surface area contributed by atoms with Crippen molar-refractivity contribution in [3.8, 4) is 0 Å². The third kappa shape index (κ3) is 8.23. The predicted molar refractivity (Wildman–Crippen MR) is 118 cm³/mol. The number of aliphatic carboxylic acids is 1. The normalized spacial score (nSPS) is 21.4. The second kappa shape index (κ2) is 12.5. The maximum atomic E-state index is 14.0. The Balaban J connectivity index is 1.80. The van der Waals surface area contributed by atoms with Gasteiger partial charge in [-0.2, -0.15) is 8.78 Å². The number of unbranched alkanes of at least 4 members (excludes halogenated alkanes) is 3. The molecule has 0 aromatic carbocycles. The number of amides is 1. The van der Waals surface area contributed by atoms with Crippen LogP contribution in [0.5, 0.6) is 0 Å². The minimum absolute atomic E-state index is 0.0363. The fourth-order valence-electron chi connectivity index (χ4n) is 3.94. The Morgan fingerprint density at radius 3 is 2.72 bits per heavy atom. The van der Waals surface area contributed by atoms with Gasteiger partial charge in [-0.05, 0) is 55.7 Å². The zero-order valence-electron chi connectivity index (χ0n) is 18.6. The molecule has 0 aromatic rings. The largest absolute Gasteiger partial charge is 0.481 e. The first kappa shape index (κ1) is 25.8. The minimum Gasteiger partial charge on any atom is -0.481 e. The lowest BCUT2D eigenvalue weighted by atomic mass is 9.95. The summed E-state index contributed by atoms with van der Waals surface area (Å²) >= 11 is 0. The molecule has 0 aromatic heterocycles. The van der Waals surface area contributed by atoms with Gasteiger partial charge in [0.25, 0.3) is 5.91 Å². The van der Waals surface area contributed by atoms with Crippen molar-refractivity contribution in [2.45, 2.75) is 82.8 Å². The molecule has 0 radical (unpaired) electrons. The number of nitrogens with zero attached hydrogens (tertiary/aromatic N) is 1. The topological polar surface area (TPSA) is 77.8 Å². The van der Waals surface area contributed by atoms with Crippen molar-refractivity contribution in [3.05, 3.63) is 47.4 Å². The molecule has 176 valence electrons. The van der Waals surface area contributed by atoms with Crippen LogP contribution in [-0.2, 0) is 9.59 Å². The third-order valence-corrected chi connectivity index (χ3v) is 5.94. The number of allylic oxidation sites excluding steroid dienone is 4. The summed E-state index contributed by atoms with van der Waals surface area (Å²) in [5, 5.41) is 19.1. The van der Waals surface area contributed by atoms with Crippen molar-refractivity contribution in [2.75, 3.05) is 6.54 Å². The molecule has 2 N–H and O–H groups in total. The molecule has 1 heterocycles. The van der Waals surface area contributed by atoms with Crippen LogP contribution in [0.1, 0.15) is 64.7 Å². The summed E-state index contributed by atoms with van der Waals surface area (Å²) in [6.07, 6.45) is 12.5. The summed E-state index contributed by atoms with van der Waals surface area (Å²) in [5.41, 5.74) is 6.93. The van der Waals surface area contributed by atoms with Gasteiger partial charge in [0.2, 0.25) is 0 Å². The molecular weight excluding hydrogens is 416 g/mol. The van der Waals surface area contributed by atoms with E-state index in [1.54, 1.807) is 0 Å². The minimum atomic E-state index is -3.39. The van der Waals surface area contributed by atoms with Crippen LogP contribution < -0.4 is 0 Å². The number of aliphatic hydroxyl groups is 1. The fraction of sp³-hybridized carbons (Fsp3) is 0.600. The number of hydrogen-bond acceptors (Lipinski definition) is 3. The number of halogens is 2. The molecular formula is C25H33F2NO4. The van der Waals surface area contributed by atoms with Gasteiger partial charge in [-0.15, -0.1) is 0 Å². The second-order valence-corrected chi connectivity index (χ2v) is 8.62. The number of rotatable bonds is 14. The number of aliphatic hydroxyl groups excluding tert-OH is 1. The molecule has 3 atom stereocenters. The molecule has 1 saturated heterocycles. The highest BCUT2D eigenvalue weighted by atomic mass is 19.3. The Bertz CT molecular complexity index is 820. The van der Waals surface area contributed by atoms with Gasteiger partial charge in [0, 0.05) is 19.4 Å². The Kier molecular flexibility index (Phi) is 10.1. The zero-order valence-corrected chi connectivity index (χ0v) is 18.6. The second-order valence-electron chi connectivity index (χ2n) is 8.62. The van der Waals surface area contributed by atoms with Crippen LogP contribution in [-0.4, -0.2) is 51.6 Å². The summed E-state index contributed by atoms with van der Waals surface area (Å²) in [6.45, 7) is 2.12. The molecule has 7 heteroatoms. The SMILES string of the molecule is C[C@@H](CCCC1=CC=C=C=C1)[C@H](O)/C=C/[C@H]1CC(F)(F)C(=O)N1CCCCCCC(=O)O. The molecule has 1 amide bonds. The molecule has 5 nitrogen and oxygen atoms in total. The number of carboxylic acids is 1. The van der Waals surface area contributed by atoms with Crippen LogP contribution in [0.3, 0.4) is 0 Å². The average Bonchev–Trinajstić information content (AvgIpc) is 2.97. The fourth-order valence-corrected chi connectivity index (χ4v) is 3.94. The van der Waals surface area contributed by atoms with Crippen LogP contribution in [0.25, 0.3) is 0 Å². The molecule has 0 bridgehead atoms. The summed E-state index contributed by atoms with van der Waals surface area (Å²) < 4.78 is 28.0. The molecule has 1 aliphatic heterocycles. The van der Waals surface area contributed by atoms with E-state index >= 15 is 0 Å². The van der Waals surface area contributed by atoms with Gasteiger partial charge < -0.3 is 15.1 Å². The molecule has 1 fully saturated rings. The smallest absolute Gasteiger partial charge is 0.327 e. The van der Waals surface area contributed by atoms with Crippen LogP contribution >= 0.6 is 0 Å². The van der Waals surface area contributed by atoms with Crippen LogP contribution in [0.2, 0.25) is 0 Å². The quantitative estimate of drug-likeness (QED) is 0.227. The first-order valence-electron chi connectivity index (χ1n) is 11.3. The Morgan fingerprint density at radius 2 is 2.03 bits per heavy atom. The zero-order chi connectivity index (χ0) is 23.6. The summed E-state index contributed by atoms with van der Waals surface area (Å²) in [7, 11) is 0. The van der Waals surface area contributed by atoms with E-state index in [0.29, 0.717) is 25.7 Å². The molecule has 1 aliphatic carbocycles. The van der Waals surface area contributed by atoms with Gasteiger partial charge in [-0.1, -0.05) is 49.5 Å². The maximum Gasteiger partial charge on any atom is 0.327 e. The van der Waals surface area contributed by atoms with Gasteiger partial charge in [0.1, 0.15) is 0 Å². The van der Waals surface area contributed by atoms with Gasteiger partial charge >= 0.3 is 11.9 Å². The monoisotopic (exact) mass is 449 g/mol. The number of hydrogen-bond donors (Lipinski definition) is 2. The van der Waals surface area contributed by atoms with Crippen LogP contribution in [0.15, 0.2) is 47.4 Å². The van der Waals surface area contributed by atoms with Crippen LogP contribution in [0, 0.1) is 5.92 Å². The van der Waals surface area contributed by atoms with Gasteiger partial charge in [0.15, 0.2) is 0 Å². The number of alkyl halides is 2. The Hall–Kier alpha value is -2.46. The van der Waals surface area contributed by atoms with Crippen molar-refractivity contribution in [1.82, 2.24) is 4.90 Å². The van der Waals surface area contributed by atoms with Crippen molar-refractivity contribution in [2.24, 2.45) is 5.92 Å². The highest BCUT2D eigenvalue weighted by Crippen LogP contribution is 2.34. The first-order chi connectivity index (χ1) is 15.2. The van der Waals surface area contributed by atoms with E-state index in [4.69, 9.17) is 5.11 Å². The number of likely N-dealkylation sites (tertiary alicyclic amines) is 1. The van der Waals surface area contributed by atoms with E-state index in [0.717, 1.165) is 24.8 Å². The number of carbonyl (C=O) groups excluding carboxylic acids is 1. The highest BCUT2D eigenvalue weighted by Gasteiger charge is 2.52. The molecule has 32 heavy (non-hydrogen) atoms. The maximum absolute atomic E-state index is 14.0. The van der Waals surface area contributed by atoms with Gasteiger partial charge in [-0.25, -0.2) is 0 Å². The van der Waals surface area contributed by atoms with Crippen molar-refractivity contribution >= 4 is 11.9 Å². The van der Waals surface area contributed by atoms with Crippen molar-refractivity contribution in [3.63, 3.8) is 0 Å². The van der Waals surface area contributed by atoms with Crippen molar-refractivity contribution < 1.29 is 28.6 Å². The Labute approximate surface area is 188 Å². The molecule has 2 rings (SSSR count). The summed E-state index contributed by atoms with van der Waals surface area (Å²) in [6, 6.07) is -0.741. The highest BCUT2D eigenvalue weighted by molar-refractivity contribution is 5.86. The van der Waals surface area contributed by atoms with Crippen molar-refractivity contribution in [1.29, 1.82) is 0 Å². The molecule has 0 spiro atoms. The van der Waals surface area contributed by atoms with Gasteiger partial charge in [-0.3, -0.25) is 9.59 Å². The third-order valence-electron chi connectivity index (χ3n) is 5.94. The van der Waals surface area contributed by atoms with E-state index in [1.807, 2.05) is 25.2 Å². The van der Waals surface area contributed by atoms with E-state index in [2.05, 4.69) is 11.5 Å². The summed E-state index contributed by atoms with van der Waals surface area (Å²) in [5.74, 6) is -5.45. The van der Waals surface area contributed by atoms with E-state index < -0.39 is 36.4 Å². The standard InChI is InChI=1S/C25H33F2NO4/c1-19(10-9-13-20-11-5-4-6-12-20)22(29)16-15-21-18-25(26,27)24(32)28(21)17-8-3-2-7-14-23(30)31/h5,11-12,15-16,19,21-22,29H,2-3,7-10,13-14,17-18H2,1H3,(H,30,31)/b16-15+/t19-,21-,22+/m0/s1. The van der Waals surface area contributed by atoms with Gasteiger partial charge in [0.05, 0.1) is 12.1 Å². The lowest BCUT2D eigenvalue weighted by Crippen LogP contribution is -2.36. The average molecular weight is 450 g/mol. The van der Waals surface area contributed by atoms with E-state index in [1.165, 1.54) is 17.1 Å². The molecule has 0 saturated carbocycles. The van der Waals surface area contributed by atoms with E-state index in [-0.39, 0.29) is 18.9 Å². The Morgan fingerprint density at radius 1 is 1.28 bits per heavy atom. The van der Waals surface area contributed by atoms with E-state index in [9.17, 15) is 23.5 Å².